The third kappa shape index (κ3) is 2.82. The van der Waals surface area contributed by atoms with Gasteiger partial charge in [0.15, 0.2) is 0 Å². The predicted molar refractivity (Wildman–Crippen MR) is 76.2 cm³/mol. The fraction of sp³-hybridized carbons (Fsp3) is 0.375. The first-order valence-electron chi connectivity index (χ1n) is 7.19. The summed E-state index contributed by atoms with van der Waals surface area (Å²) in [5.41, 5.74) is 1.27. The molecule has 0 N–H and O–H groups in total. The molecule has 0 saturated carbocycles. The number of hydrogen-bond acceptors (Lipinski definition) is 3. The summed E-state index contributed by atoms with van der Waals surface area (Å²) in [7, 11) is 0. The van der Waals surface area contributed by atoms with Gasteiger partial charge in [0.2, 0.25) is 5.76 Å². The van der Waals surface area contributed by atoms with Gasteiger partial charge in [-0.2, -0.15) is 0 Å². The third-order valence-electron chi connectivity index (χ3n) is 3.92. The van der Waals surface area contributed by atoms with Crippen LogP contribution in [-0.4, -0.2) is 28.6 Å². The van der Waals surface area contributed by atoms with Gasteiger partial charge in [-0.05, 0) is 50.5 Å². The van der Waals surface area contributed by atoms with Gasteiger partial charge in [-0.15, -0.1) is 0 Å². The summed E-state index contributed by atoms with van der Waals surface area (Å²) >= 11 is 0. The van der Waals surface area contributed by atoms with Crippen molar-refractivity contribution in [2.75, 3.05) is 6.54 Å². The van der Waals surface area contributed by atoms with E-state index in [-0.39, 0.29) is 23.5 Å². The van der Waals surface area contributed by atoms with Crippen LogP contribution in [0.3, 0.4) is 0 Å². The maximum absolute atomic E-state index is 12.9. The number of aromatic nitrogens is 1. The molecule has 5 heteroatoms. The van der Waals surface area contributed by atoms with E-state index in [1.165, 1.54) is 12.1 Å². The summed E-state index contributed by atoms with van der Waals surface area (Å²) < 4.78 is 18.1. The number of piperidine rings is 1. The number of carbonyl (C=O) groups is 1. The molecule has 0 radical (unpaired) electrons. The molecule has 1 aromatic carbocycles. The van der Waals surface area contributed by atoms with Gasteiger partial charge >= 0.3 is 0 Å². The van der Waals surface area contributed by atoms with Crippen molar-refractivity contribution in [1.82, 2.24) is 10.1 Å². The van der Waals surface area contributed by atoms with Crippen molar-refractivity contribution in [2.24, 2.45) is 0 Å². The quantitative estimate of drug-likeness (QED) is 0.849. The Morgan fingerprint density at radius 2 is 2.10 bits per heavy atom. The van der Waals surface area contributed by atoms with Crippen LogP contribution >= 0.6 is 0 Å². The zero-order chi connectivity index (χ0) is 14.8. The zero-order valence-electron chi connectivity index (χ0n) is 11.9. The van der Waals surface area contributed by atoms with E-state index in [0.717, 1.165) is 31.4 Å². The molecule has 1 amide bonds. The first kappa shape index (κ1) is 13.8. The van der Waals surface area contributed by atoms with Gasteiger partial charge in [-0.25, -0.2) is 4.39 Å². The monoisotopic (exact) mass is 288 g/mol. The second kappa shape index (κ2) is 5.68. The number of halogens is 1. The van der Waals surface area contributed by atoms with Gasteiger partial charge in [0.05, 0.1) is 0 Å². The highest BCUT2D eigenvalue weighted by molar-refractivity contribution is 5.92. The van der Waals surface area contributed by atoms with E-state index in [0.29, 0.717) is 5.69 Å². The van der Waals surface area contributed by atoms with Crippen molar-refractivity contribution in [2.45, 2.75) is 32.2 Å². The van der Waals surface area contributed by atoms with Gasteiger partial charge in [0.25, 0.3) is 5.91 Å². The molecule has 4 nitrogen and oxygen atoms in total. The Morgan fingerprint density at radius 1 is 1.33 bits per heavy atom. The second-order valence-corrected chi connectivity index (χ2v) is 5.43. The molecule has 1 fully saturated rings. The van der Waals surface area contributed by atoms with E-state index in [9.17, 15) is 9.18 Å². The van der Waals surface area contributed by atoms with Gasteiger partial charge in [-0.1, -0.05) is 5.16 Å². The van der Waals surface area contributed by atoms with Crippen molar-refractivity contribution in [3.05, 3.63) is 41.9 Å². The van der Waals surface area contributed by atoms with Gasteiger partial charge in [0.1, 0.15) is 11.5 Å². The number of amides is 1. The Hall–Kier alpha value is -2.17. The molecular weight excluding hydrogens is 271 g/mol. The molecule has 1 atom stereocenters. The minimum atomic E-state index is -0.305. The molecule has 0 spiro atoms. The Morgan fingerprint density at radius 3 is 2.81 bits per heavy atom. The molecule has 110 valence electrons. The maximum atomic E-state index is 12.9. The number of likely N-dealkylation sites (tertiary alicyclic amines) is 1. The summed E-state index contributed by atoms with van der Waals surface area (Å²) in [6, 6.07) is 7.80. The second-order valence-electron chi connectivity index (χ2n) is 5.43. The Kier molecular flexibility index (Phi) is 3.73. The molecule has 1 saturated heterocycles. The molecule has 1 aliphatic rings. The standard InChI is InChI=1S/C16H17FN2O2/c1-11-4-2-3-9-19(11)16(20)15-10-14(18-21-15)12-5-7-13(17)8-6-12/h5-8,10-11H,2-4,9H2,1H3/t11-/m1/s1. The minimum Gasteiger partial charge on any atom is -0.350 e. The minimum absolute atomic E-state index is 0.122. The number of benzene rings is 1. The fourth-order valence-corrected chi connectivity index (χ4v) is 2.67. The summed E-state index contributed by atoms with van der Waals surface area (Å²) in [4.78, 5) is 14.3. The van der Waals surface area contributed by atoms with Crippen LogP contribution in [0.15, 0.2) is 34.9 Å². The van der Waals surface area contributed by atoms with Crippen LogP contribution in [0.2, 0.25) is 0 Å². The molecule has 0 unspecified atom stereocenters. The Bertz CT molecular complexity index is 636. The van der Waals surface area contributed by atoms with E-state index in [2.05, 4.69) is 5.16 Å². The van der Waals surface area contributed by atoms with Crippen LogP contribution in [-0.2, 0) is 0 Å². The molecule has 2 heterocycles. The van der Waals surface area contributed by atoms with E-state index < -0.39 is 0 Å². The zero-order valence-corrected chi connectivity index (χ0v) is 11.9. The summed E-state index contributed by atoms with van der Waals surface area (Å²) in [6.45, 7) is 2.81. The lowest BCUT2D eigenvalue weighted by Gasteiger charge is -2.32. The molecule has 2 aromatic rings. The van der Waals surface area contributed by atoms with Gasteiger partial charge in [-0.3, -0.25) is 4.79 Å². The number of hydrogen-bond donors (Lipinski definition) is 0. The van der Waals surface area contributed by atoms with E-state index in [1.54, 1.807) is 18.2 Å². The van der Waals surface area contributed by atoms with Crippen molar-refractivity contribution in [1.29, 1.82) is 0 Å². The largest absolute Gasteiger partial charge is 0.350 e. The van der Waals surface area contributed by atoms with Crippen molar-refractivity contribution < 1.29 is 13.7 Å². The summed E-state index contributed by atoms with van der Waals surface area (Å²) in [6.07, 6.45) is 3.20. The van der Waals surface area contributed by atoms with Crippen LogP contribution < -0.4 is 0 Å². The van der Waals surface area contributed by atoms with E-state index in [4.69, 9.17) is 4.52 Å². The van der Waals surface area contributed by atoms with Crippen LogP contribution in [0, 0.1) is 5.82 Å². The average molecular weight is 288 g/mol. The topological polar surface area (TPSA) is 46.3 Å². The molecule has 21 heavy (non-hydrogen) atoms. The highest BCUT2D eigenvalue weighted by Crippen LogP contribution is 2.23. The summed E-state index contributed by atoms with van der Waals surface area (Å²) in [5, 5.41) is 3.91. The summed E-state index contributed by atoms with van der Waals surface area (Å²) in [5.74, 6) is -0.188. The van der Waals surface area contributed by atoms with Crippen LogP contribution in [0.5, 0.6) is 0 Å². The highest BCUT2D eigenvalue weighted by Gasteiger charge is 2.27. The van der Waals surface area contributed by atoms with E-state index >= 15 is 0 Å². The van der Waals surface area contributed by atoms with Crippen LogP contribution in [0.1, 0.15) is 36.7 Å². The number of carbonyl (C=O) groups excluding carboxylic acids is 1. The molecule has 0 bridgehead atoms. The highest BCUT2D eigenvalue weighted by atomic mass is 19.1. The van der Waals surface area contributed by atoms with Crippen molar-refractivity contribution >= 4 is 5.91 Å². The van der Waals surface area contributed by atoms with Crippen LogP contribution in [0.4, 0.5) is 4.39 Å². The number of rotatable bonds is 2. The normalized spacial score (nSPS) is 18.8. The fourth-order valence-electron chi connectivity index (χ4n) is 2.67. The van der Waals surface area contributed by atoms with Crippen molar-refractivity contribution in [3.63, 3.8) is 0 Å². The Balaban J connectivity index is 1.81. The number of nitrogens with zero attached hydrogens (tertiary/aromatic N) is 2. The molecule has 0 aliphatic carbocycles. The Labute approximate surface area is 122 Å². The molecule has 3 rings (SSSR count). The maximum Gasteiger partial charge on any atom is 0.292 e. The smallest absolute Gasteiger partial charge is 0.292 e. The molecule has 1 aliphatic heterocycles. The molecular formula is C16H17FN2O2. The lowest BCUT2D eigenvalue weighted by atomic mass is 10.0. The first-order chi connectivity index (χ1) is 10.1. The third-order valence-corrected chi connectivity index (χ3v) is 3.92. The van der Waals surface area contributed by atoms with Gasteiger partial charge < -0.3 is 9.42 Å². The van der Waals surface area contributed by atoms with Gasteiger partial charge in [0, 0.05) is 24.2 Å². The lowest BCUT2D eigenvalue weighted by molar-refractivity contribution is 0.0593. The lowest BCUT2D eigenvalue weighted by Crippen LogP contribution is -2.41. The van der Waals surface area contributed by atoms with Crippen LogP contribution in [0.25, 0.3) is 11.3 Å². The predicted octanol–water partition coefficient (Wildman–Crippen LogP) is 3.50. The first-order valence-corrected chi connectivity index (χ1v) is 7.19. The molecule has 1 aromatic heterocycles. The van der Waals surface area contributed by atoms with E-state index in [1.807, 2.05) is 11.8 Å². The SMILES string of the molecule is C[C@@H]1CCCCN1C(=O)c1cc(-c2ccc(F)cc2)no1. The van der Waals surface area contributed by atoms with Crippen molar-refractivity contribution in [3.8, 4) is 11.3 Å². The average Bonchev–Trinajstić information content (AvgIpc) is 2.98.